The van der Waals surface area contributed by atoms with Crippen molar-refractivity contribution in [2.75, 3.05) is 30.0 Å². The smallest absolute Gasteiger partial charge is 0.234 e. The molecule has 2 aromatic rings. The number of amides is 1. The van der Waals surface area contributed by atoms with Crippen molar-refractivity contribution in [1.29, 1.82) is 0 Å². The monoisotopic (exact) mass is 375 g/mol. The largest absolute Gasteiger partial charge is 0.489 e. The highest BCUT2D eigenvalue weighted by molar-refractivity contribution is 8.00. The average Bonchev–Trinajstić information content (AvgIpc) is 3.15. The van der Waals surface area contributed by atoms with Gasteiger partial charge in [-0.2, -0.15) is 11.8 Å². The van der Waals surface area contributed by atoms with E-state index in [2.05, 4.69) is 5.32 Å². The first-order valence-corrected chi connectivity index (χ1v) is 9.70. The number of furan rings is 1. The first kappa shape index (κ1) is 17.5. The minimum Gasteiger partial charge on any atom is -0.489 e. The molecule has 2 saturated heterocycles. The molecule has 0 aliphatic carbocycles. The summed E-state index contributed by atoms with van der Waals surface area (Å²) in [5, 5.41) is 2.93. The Balaban J connectivity index is 1.32. The maximum Gasteiger partial charge on any atom is 0.234 e. The molecule has 1 amide bonds. The number of hydrogen-bond donors (Lipinski definition) is 1. The number of rotatable bonds is 5. The Labute approximate surface area is 156 Å². The van der Waals surface area contributed by atoms with E-state index >= 15 is 0 Å². The third-order valence-corrected chi connectivity index (χ3v) is 5.67. The van der Waals surface area contributed by atoms with Gasteiger partial charge in [-0.15, -0.1) is 0 Å². The molecule has 0 atom stereocenters. The summed E-state index contributed by atoms with van der Waals surface area (Å²) in [5.41, 5.74) is -0.0405. The van der Waals surface area contributed by atoms with Crippen LogP contribution in [0.1, 0.15) is 19.0 Å². The van der Waals surface area contributed by atoms with Crippen LogP contribution in [0.15, 0.2) is 47.1 Å². The van der Waals surface area contributed by atoms with Gasteiger partial charge in [0, 0.05) is 17.2 Å². The summed E-state index contributed by atoms with van der Waals surface area (Å²) >= 11 is 1.88. The van der Waals surface area contributed by atoms with Crippen LogP contribution in [0.4, 0.5) is 5.69 Å². The lowest BCUT2D eigenvalue weighted by Gasteiger charge is -2.35. The van der Waals surface area contributed by atoms with E-state index < -0.39 is 11.7 Å². The summed E-state index contributed by atoms with van der Waals surface area (Å²) in [7, 11) is 0. The Hall–Kier alpha value is -1.96. The van der Waals surface area contributed by atoms with Crippen molar-refractivity contribution in [3.05, 3.63) is 48.4 Å². The van der Waals surface area contributed by atoms with E-state index in [9.17, 15) is 4.79 Å². The summed E-state index contributed by atoms with van der Waals surface area (Å²) in [6, 6.07) is 11.0. The molecule has 0 bridgehead atoms. The molecule has 3 heterocycles. The van der Waals surface area contributed by atoms with Crippen molar-refractivity contribution in [3.8, 4) is 5.75 Å². The van der Waals surface area contributed by atoms with E-state index in [0.717, 1.165) is 22.9 Å². The standard InChI is InChI=1S/C19H21NO5S/c1-19(11-23-17(24-12-19)16-3-2-8-22-16)18(21)20-13-4-6-14(7-5-13)25-15-9-26-10-15/h2-8,15,17H,9-12H2,1H3,(H,20,21). The van der Waals surface area contributed by atoms with Crippen LogP contribution in [-0.4, -0.2) is 36.7 Å². The molecule has 0 saturated carbocycles. The third-order valence-electron chi connectivity index (χ3n) is 4.45. The number of hydrogen-bond acceptors (Lipinski definition) is 6. The van der Waals surface area contributed by atoms with Crippen LogP contribution in [0.25, 0.3) is 0 Å². The lowest BCUT2D eigenvalue weighted by atomic mass is 9.90. The molecule has 4 rings (SSSR count). The van der Waals surface area contributed by atoms with Gasteiger partial charge in [-0.25, -0.2) is 0 Å². The van der Waals surface area contributed by atoms with Crippen molar-refractivity contribution in [2.45, 2.75) is 19.3 Å². The quantitative estimate of drug-likeness (QED) is 0.863. The summed E-state index contributed by atoms with van der Waals surface area (Å²) in [6.45, 7) is 2.34. The van der Waals surface area contributed by atoms with E-state index in [0.29, 0.717) is 11.9 Å². The van der Waals surface area contributed by atoms with Crippen LogP contribution in [0, 0.1) is 5.41 Å². The number of nitrogens with one attached hydrogen (secondary N) is 1. The first-order chi connectivity index (χ1) is 12.6. The summed E-state index contributed by atoms with van der Waals surface area (Å²) in [4.78, 5) is 12.7. The Morgan fingerprint density at radius 3 is 2.50 bits per heavy atom. The maximum absolute atomic E-state index is 12.7. The van der Waals surface area contributed by atoms with Crippen LogP contribution < -0.4 is 10.1 Å². The Bertz CT molecular complexity index is 734. The van der Waals surface area contributed by atoms with Crippen molar-refractivity contribution in [3.63, 3.8) is 0 Å². The number of carbonyl (C=O) groups is 1. The molecule has 26 heavy (non-hydrogen) atoms. The van der Waals surface area contributed by atoms with Gasteiger partial charge in [-0.1, -0.05) is 0 Å². The van der Waals surface area contributed by atoms with Crippen LogP contribution in [0.3, 0.4) is 0 Å². The zero-order valence-electron chi connectivity index (χ0n) is 14.5. The van der Waals surface area contributed by atoms with Crippen molar-refractivity contribution >= 4 is 23.4 Å². The highest BCUT2D eigenvalue weighted by Gasteiger charge is 2.40. The number of thioether (sulfide) groups is 1. The van der Waals surface area contributed by atoms with Gasteiger partial charge in [0.2, 0.25) is 12.2 Å². The first-order valence-electron chi connectivity index (χ1n) is 8.55. The lowest BCUT2D eigenvalue weighted by Crippen LogP contribution is -2.45. The molecule has 1 N–H and O–H groups in total. The van der Waals surface area contributed by atoms with E-state index in [-0.39, 0.29) is 19.1 Å². The molecule has 0 radical (unpaired) electrons. The van der Waals surface area contributed by atoms with Gasteiger partial charge in [-0.3, -0.25) is 4.79 Å². The Kier molecular flexibility index (Phi) is 4.93. The summed E-state index contributed by atoms with van der Waals surface area (Å²) in [5.74, 6) is 3.36. The highest BCUT2D eigenvalue weighted by atomic mass is 32.2. The van der Waals surface area contributed by atoms with Gasteiger partial charge < -0.3 is 23.9 Å². The van der Waals surface area contributed by atoms with Gasteiger partial charge in [0.1, 0.15) is 11.9 Å². The van der Waals surface area contributed by atoms with Crippen LogP contribution in [-0.2, 0) is 14.3 Å². The minimum absolute atomic E-state index is 0.139. The number of carbonyl (C=O) groups excluding carboxylic acids is 1. The average molecular weight is 375 g/mol. The van der Waals surface area contributed by atoms with Crippen molar-refractivity contribution in [2.24, 2.45) is 5.41 Å². The van der Waals surface area contributed by atoms with Crippen LogP contribution >= 0.6 is 11.8 Å². The Morgan fingerprint density at radius 1 is 1.19 bits per heavy atom. The molecule has 6 nitrogen and oxygen atoms in total. The van der Waals surface area contributed by atoms with E-state index in [1.165, 1.54) is 0 Å². The second-order valence-electron chi connectivity index (χ2n) is 6.79. The predicted octanol–water partition coefficient (Wildman–Crippen LogP) is 3.46. The third kappa shape index (κ3) is 3.75. The molecule has 0 unspecified atom stereocenters. The van der Waals surface area contributed by atoms with Crippen molar-refractivity contribution < 1.29 is 23.4 Å². The molecule has 2 fully saturated rings. The van der Waals surface area contributed by atoms with E-state index in [1.54, 1.807) is 18.4 Å². The maximum atomic E-state index is 12.7. The van der Waals surface area contributed by atoms with Crippen molar-refractivity contribution in [1.82, 2.24) is 0 Å². The molecule has 2 aliphatic rings. The van der Waals surface area contributed by atoms with Crippen LogP contribution in [0.5, 0.6) is 5.75 Å². The fourth-order valence-corrected chi connectivity index (χ4v) is 3.27. The molecule has 1 aromatic carbocycles. The molecular formula is C19H21NO5S. The zero-order chi connectivity index (χ0) is 18.0. The number of ether oxygens (including phenoxy) is 3. The second-order valence-corrected chi connectivity index (χ2v) is 7.86. The van der Waals surface area contributed by atoms with E-state index in [4.69, 9.17) is 18.6 Å². The van der Waals surface area contributed by atoms with Gasteiger partial charge in [0.05, 0.1) is 24.9 Å². The van der Waals surface area contributed by atoms with Gasteiger partial charge in [0.15, 0.2) is 5.76 Å². The van der Waals surface area contributed by atoms with Gasteiger partial charge in [-0.05, 0) is 43.3 Å². The molecule has 7 heteroatoms. The Morgan fingerprint density at radius 2 is 1.92 bits per heavy atom. The summed E-state index contributed by atoms with van der Waals surface area (Å²) in [6.07, 6.45) is 1.31. The van der Waals surface area contributed by atoms with Crippen LogP contribution in [0.2, 0.25) is 0 Å². The SMILES string of the molecule is CC1(C(=O)Nc2ccc(OC3CSC3)cc2)COC(c2ccco2)OC1. The topological polar surface area (TPSA) is 69.9 Å². The van der Waals surface area contributed by atoms with Gasteiger partial charge in [0.25, 0.3) is 0 Å². The normalized spacial score (nSPS) is 26.1. The molecular weight excluding hydrogens is 354 g/mol. The van der Waals surface area contributed by atoms with Gasteiger partial charge >= 0.3 is 0 Å². The second kappa shape index (κ2) is 7.34. The fraction of sp³-hybridized carbons (Fsp3) is 0.421. The molecule has 1 aromatic heterocycles. The highest BCUT2D eigenvalue weighted by Crippen LogP contribution is 2.33. The predicted molar refractivity (Wildman–Crippen MR) is 98.3 cm³/mol. The number of benzene rings is 1. The number of anilines is 1. The molecule has 138 valence electrons. The zero-order valence-corrected chi connectivity index (χ0v) is 15.3. The molecule has 0 spiro atoms. The molecule has 2 aliphatic heterocycles. The fourth-order valence-electron chi connectivity index (χ4n) is 2.70. The van der Waals surface area contributed by atoms with E-state index in [1.807, 2.05) is 43.0 Å². The summed E-state index contributed by atoms with van der Waals surface area (Å²) < 4.78 is 22.5. The lowest BCUT2D eigenvalue weighted by molar-refractivity contribution is -0.232. The minimum atomic E-state index is -0.762.